The second kappa shape index (κ2) is 10.8. The number of fused-ring (bicyclic) bond motifs is 1. The van der Waals surface area contributed by atoms with Gasteiger partial charge >= 0.3 is 6.36 Å². The Hall–Kier alpha value is -3.72. The molecule has 1 aromatic carbocycles. The summed E-state index contributed by atoms with van der Waals surface area (Å²) in [7, 11) is 0. The first-order chi connectivity index (χ1) is 18.3. The van der Waals surface area contributed by atoms with E-state index in [0.29, 0.717) is 29.0 Å². The molecule has 210 valence electrons. The maximum Gasteiger partial charge on any atom is 0.522 e. The normalized spacial score (nSPS) is 16.6. The summed E-state index contributed by atoms with van der Waals surface area (Å²) in [6.07, 6.45) is -4.87. The summed E-state index contributed by atoms with van der Waals surface area (Å²) in [4.78, 5) is 31.6. The van der Waals surface area contributed by atoms with E-state index in [4.69, 9.17) is 0 Å². The number of aliphatic hydroxyl groups excluding tert-OH is 1. The molecule has 0 spiro atoms. The van der Waals surface area contributed by atoms with Crippen molar-refractivity contribution in [3.05, 3.63) is 63.5 Å². The van der Waals surface area contributed by atoms with Crippen LogP contribution in [0.4, 0.5) is 36.6 Å². The number of aliphatic hydroxyl groups is 1. The number of ether oxygens (including phenoxy) is 1. The van der Waals surface area contributed by atoms with Crippen molar-refractivity contribution in [3.8, 4) is 5.69 Å². The van der Waals surface area contributed by atoms with Gasteiger partial charge in [0.05, 0.1) is 24.1 Å². The van der Waals surface area contributed by atoms with Crippen molar-refractivity contribution < 1.29 is 45.4 Å². The molecule has 8 nitrogen and oxygen atoms in total. The van der Waals surface area contributed by atoms with Crippen LogP contribution in [0.25, 0.3) is 16.7 Å². The molecule has 1 aliphatic heterocycles. The van der Waals surface area contributed by atoms with Crippen LogP contribution in [0.5, 0.6) is 0 Å². The zero-order valence-electron chi connectivity index (χ0n) is 20.2. The van der Waals surface area contributed by atoms with Gasteiger partial charge in [0, 0.05) is 31.4 Å². The second-order valence-electron chi connectivity index (χ2n) is 8.85. The Balaban J connectivity index is 1.89. The summed E-state index contributed by atoms with van der Waals surface area (Å²) in [5, 5.41) is 11.4. The molecule has 15 heteroatoms. The summed E-state index contributed by atoms with van der Waals surface area (Å²) in [6.45, 7) is 0.607. The van der Waals surface area contributed by atoms with Crippen LogP contribution < -0.4 is 15.6 Å². The fraction of sp³-hybridized carbons (Fsp3) is 0.375. The van der Waals surface area contributed by atoms with Gasteiger partial charge in [-0.3, -0.25) is 18.9 Å². The van der Waals surface area contributed by atoms with Gasteiger partial charge in [-0.15, -0.1) is 13.2 Å². The van der Waals surface area contributed by atoms with E-state index in [-0.39, 0.29) is 31.7 Å². The molecule has 0 radical (unpaired) electrons. The van der Waals surface area contributed by atoms with E-state index < -0.39 is 82.0 Å². The number of nitrogens with one attached hydrogen (secondary N) is 1. The molecule has 4 rings (SSSR count). The lowest BCUT2D eigenvalue weighted by atomic mass is 10.1. The minimum atomic E-state index is -4.99. The number of benzene rings is 1. The van der Waals surface area contributed by atoms with Crippen molar-refractivity contribution in [2.45, 2.75) is 38.3 Å². The van der Waals surface area contributed by atoms with Gasteiger partial charge in [-0.05, 0) is 18.9 Å². The molecule has 2 atom stereocenters. The van der Waals surface area contributed by atoms with Crippen LogP contribution in [0.15, 0.2) is 29.2 Å². The number of hydrogen-bond donors (Lipinski definition) is 2. The number of anilines is 1. The standard InChI is InChI=1S/C24H21F7N4O4/c1-2-12(10-39-24(29,30)31)32-23(38)15-9-35(19-16(26)5-11(25)6-17(19)27)21-14(20(15)37)7-18(28)22(33-21)34-4-3-13(36)8-34/h5-7,9,12-13,36H,2-4,8,10H2,1H3,(H,32,38)/t12?,13-/m0/s1. The molecule has 1 amide bonds. The number of aromatic nitrogens is 2. The summed E-state index contributed by atoms with van der Waals surface area (Å²) < 4.78 is 100. The van der Waals surface area contributed by atoms with Gasteiger partial charge in [0.25, 0.3) is 5.91 Å². The van der Waals surface area contributed by atoms with E-state index >= 15 is 4.39 Å². The lowest BCUT2D eigenvalue weighted by Gasteiger charge is -2.21. The first-order valence-electron chi connectivity index (χ1n) is 11.6. The number of amides is 1. The van der Waals surface area contributed by atoms with Gasteiger partial charge in [0.1, 0.15) is 17.1 Å². The van der Waals surface area contributed by atoms with Gasteiger partial charge in [-0.2, -0.15) is 0 Å². The van der Waals surface area contributed by atoms with Crippen LogP contribution >= 0.6 is 0 Å². The van der Waals surface area contributed by atoms with Crippen LogP contribution in [0.3, 0.4) is 0 Å². The largest absolute Gasteiger partial charge is 0.522 e. The van der Waals surface area contributed by atoms with Gasteiger partial charge in [-0.1, -0.05) is 6.92 Å². The zero-order valence-corrected chi connectivity index (χ0v) is 20.2. The summed E-state index contributed by atoms with van der Waals surface area (Å²) in [6, 6.07) is 0.151. The van der Waals surface area contributed by atoms with Crippen molar-refractivity contribution in [1.82, 2.24) is 14.9 Å². The first kappa shape index (κ1) is 28.3. The summed E-state index contributed by atoms with van der Waals surface area (Å²) in [5.41, 5.74) is -3.38. The third kappa shape index (κ3) is 5.98. The third-order valence-corrected chi connectivity index (χ3v) is 6.12. The predicted octanol–water partition coefficient (Wildman–Crippen LogP) is 3.56. The Morgan fingerprint density at radius 3 is 2.41 bits per heavy atom. The molecule has 3 aromatic rings. The Kier molecular flexibility index (Phi) is 7.84. The molecule has 1 fully saturated rings. The lowest BCUT2D eigenvalue weighted by molar-refractivity contribution is -0.326. The number of rotatable bonds is 7. The van der Waals surface area contributed by atoms with Gasteiger partial charge in [-0.25, -0.2) is 22.5 Å². The highest BCUT2D eigenvalue weighted by molar-refractivity contribution is 5.97. The quantitative estimate of drug-likeness (QED) is 0.428. The van der Waals surface area contributed by atoms with Gasteiger partial charge in [0.15, 0.2) is 28.9 Å². The number of halogens is 7. The smallest absolute Gasteiger partial charge is 0.391 e. The minimum Gasteiger partial charge on any atom is -0.391 e. The molecule has 1 saturated heterocycles. The summed E-state index contributed by atoms with van der Waals surface area (Å²) in [5.74, 6) is -6.77. The number of β-amino-alcohol motifs (C(OH)–C–C–N with tert-alkyl or cyclic N) is 1. The molecule has 2 aromatic heterocycles. The summed E-state index contributed by atoms with van der Waals surface area (Å²) >= 11 is 0. The molecule has 3 heterocycles. The SMILES string of the molecule is CCC(COC(F)(F)F)NC(=O)c1cn(-c2c(F)cc(F)cc2F)c2nc(N3CC[C@H](O)C3)c(F)cc2c1=O. The maximum absolute atomic E-state index is 15.1. The Morgan fingerprint density at radius 2 is 1.85 bits per heavy atom. The zero-order chi connectivity index (χ0) is 28.6. The Labute approximate surface area is 215 Å². The van der Waals surface area contributed by atoms with Gasteiger partial charge in [0.2, 0.25) is 5.43 Å². The molecular formula is C24H21F7N4O4. The van der Waals surface area contributed by atoms with E-state index in [0.717, 1.165) is 0 Å². The molecule has 1 aliphatic rings. The number of pyridine rings is 2. The van der Waals surface area contributed by atoms with Crippen molar-refractivity contribution in [1.29, 1.82) is 0 Å². The Morgan fingerprint density at radius 1 is 1.18 bits per heavy atom. The second-order valence-corrected chi connectivity index (χ2v) is 8.85. The minimum absolute atomic E-state index is 0.0160. The van der Waals surface area contributed by atoms with E-state index in [9.17, 15) is 41.0 Å². The number of alkyl halides is 3. The molecule has 2 N–H and O–H groups in total. The maximum atomic E-state index is 15.1. The third-order valence-electron chi connectivity index (χ3n) is 6.12. The number of hydrogen-bond acceptors (Lipinski definition) is 6. The van der Waals surface area contributed by atoms with Crippen molar-refractivity contribution in [2.75, 3.05) is 24.6 Å². The topological polar surface area (TPSA) is 96.7 Å². The number of carbonyl (C=O) groups excluding carboxylic acids is 1. The highest BCUT2D eigenvalue weighted by atomic mass is 19.4. The van der Waals surface area contributed by atoms with Crippen LogP contribution in [-0.2, 0) is 4.74 Å². The Bertz CT molecular complexity index is 1450. The average Bonchev–Trinajstić information content (AvgIpc) is 3.27. The van der Waals surface area contributed by atoms with Crippen LogP contribution in [-0.4, -0.2) is 58.8 Å². The van der Waals surface area contributed by atoms with E-state index in [2.05, 4.69) is 15.0 Å². The average molecular weight is 562 g/mol. The van der Waals surface area contributed by atoms with Crippen LogP contribution in [0.2, 0.25) is 0 Å². The van der Waals surface area contributed by atoms with Crippen molar-refractivity contribution in [2.24, 2.45) is 0 Å². The van der Waals surface area contributed by atoms with Gasteiger partial charge < -0.3 is 15.3 Å². The van der Waals surface area contributed by atoms with Crippen LogP contribution in [0, 0.1) is 23.3 Å². The molecule has 0 bridgehead atoms. The van der Waals surface area contributed by atoms with E-state index in [1.807, 2.05) is 0 Å². The first-order valence-corrected chi connectivity index (χ1v) is 11.6. The lowest BCUT2D eigenvalue weighted by Crippen LogP contribution is -2.41. The molecule has 0 saturated carbocycles. The fourth-order valence-corrected chi connectivity index (χ4v) is 4.19. The monoisotopic (exact) mass is 562 g/mol. The molecule has 39 heavy (non-hydrogen) atoms. The highest BCUT2D eigenvalue weighted by Gasteiger charge is 2.31. The van der Waals surface area contributed by atoms with Crippen molar-refractivity contribution in [3.63, 3.8) is 0 Å². The van der Waals surface area contributed by atoms with E-state index in [1.54, 1.807) is 0 Å². The molecule has 1 unspecified atom stereocenters. The van der Waals surface area contributed by atoms with Crippen LogP contribution in [0.1, 0.15) is 30.1 Å². The number of nitrogens with zero attached hydrogens (tertiary/aromatic N) is 3. The van der Waals surface area contributed by atoms with E-state index in [1.165, 1.54) is 11.8 Å². The molecular weight excluding hydrogens is 541 g/mol. The highest BCUT2D eigenvalue weighted by Crippen LogP contribution is 2.28. The fourth-order valence-electron chi connectivity index (χ4n) is 4.19. The molecule has 0 aliphatic carbocycles. The van der Waals surface area contributed by atoms with Crippen molar-refractivity contribution >= 4 is 22.8 Å². The predicted molar refractivity (Wildman–Crippen MR) is 124 cm³/mol. The number of carbonyl (C=O) groups is 1.